The zero-order chi connectivity index (χ0) is 13.2. The Labute approximate surface area is 115 Å². The van der Waals surface area contributed by atoms with Gasteiger partial charge in [0, 0.05) is 44.2 Å². The van der Waals surface area contributed by atoms with E-state index in [1.807, 2.05) is 0 Å². The highest BCUT2D eigenvalue weighted by atomic mass is 15.3. The van der Waals surface area contributed by atoms with Gasteiger partial charge in [0.05, 0.1) is 5.69 Å². The number of nitrogens with one attached hydrogen (secondary N) is 2. The maximum absolute atomic E-state index is 4.53. The minimum Gasteiger partial charge on any atom is -0.370 e. The molecule has 0 amide bonds. The van der Waals surface area contributed by atoms with Gasteiger partial charge in [0.15, 0.2) is 0 Å². The van der Waals surface area contributed by atoms with Crippen LogP contribution in [0, 0.1) is 12.8 Å². The zero-order valence-corrected chi connectivity index (χ0v) is 12.0. The molecule has 2 atom stereocenters. The van der Waals surface area contributed by atoms with Crippen molar-refractivity contribution >= 4 is 5.82 Å². The predicted octanol–water partition coefficient (Wildman–Crippen LogP) is 0.917. The quantitative estimate of drug-likeness (QED) is 0.851. The summed E-state index contributed by atoms with van der Waals surface area (Å²) in [5.41, 5.74) is 1.10. The van der Waals surface area contributed by atoms with E-state index in [1.165, 1.54) is 31.7 Å². The van der Waals surface area contributed by atoms with Crippen LogP contribution in [0.3, 0.4) is 0 Å². The van der Waals surface area contributed by atoms with Gasteiger partial charge in [0.2, 0.25) is 0 Å². The van der Waals surface area contributed by atoms with Crippen LogP contribution in [-0.4, -0.2) is 53.9 Å². The largest absolute Gasteiger partial charge is 0.370 e. The minimum absolute atomic E-state index is 0.638. The Bertz CT molecular complexity index is 427. The molecule has 0 spiro atoms. The third-order valence-electron chi connectivity index (χ3n) is 4.22. The first-order chi connectivity index (χ1) is 9.20. The second kappa shape index (κ2) is 5.51. The Balaban J connectivity index is 1.49. The average Bonchev–Trinajstić information content (AvgIpc) is 2.75. The lowest BCUT2D eigenvalue weighted by molar-refractivity contribution is 0.219. The number of likely N-dealkylation sites (tertiary alicyclic amines) is 1. The maximum atomic E-state index is 4.53. The van der Waals surface area contributed by atoms with Gasteiger partial charge in [-0.2, -0.15) is 5.10 Å². The topological polar surface area (TPSA) is 45.1 Å². The molecule has 3 rings (SSSR count). The van der Waals surface area contributed by atoms with Gasteiger partial charge in [-0.15, -0.1) is 0 Å². The van der Waals surface area contributed by atoms with Crippen LogP contribution in [0.15, 0.2) is 6.07 Å². The third kappa shape index (κ3) is 3.09. The van der Waals surface area contributed by atoms with Gasteiger partial charge in [-0.25, -0.2) is 4.68 Å². The minimum atomic E-state index is 0.638. The summed E-state index contributed by atoms with van der Waals surface area (Å²) in [4.78, 5) is 2.43. The van der Waals surface area contributed by atoms with Crippen molar-refractivity contribution in [2.24, 2.45) is 5.92 Å². The second-order valence-electron chi connectivity index (χ2n) is 6.11. The molecule has 0 bridgehead atoms. The summed E-state index contributed by atoms with van der Waals surface area (Å²) in [6.07, 6.45) is 2.64. The van der Waals surface area contributed by atoms with Crippen LogP contribution in [0.2, 0.25) is 0 Å². The van der Waals surface area contributed by atoms with Gasteiger partial charge >= 0.3 is 0 Å². The van der Waals surface area contributed by atoms with E-state index in [2.05, 4.69) is 45.4 Å². The van der Waals surface area contributed by atoms with Crippen LogP contribution < -0.4 is 10.6 Å². The Morgan fingerprint density at radius 1 is 1.47 bits per heavy atom. The molecule has 0 saturated carbocycles. The molecule has 5 heteroatoms. The lowest BCUT2D eigenvalue weighted by atomic mass is 10.0. The van der Waals surface area contributed by atoms with E-state index in [9.17, 15) is 0 Å². The molecule has 1 aromatic heterocycles. The molecule has 0 radical (unpaired) electrons. The number of fused-ring (bicyclic) bond motifs is 1. The molecule has 0 aliphatic carbocycles. The van der Waals surface area contributed by atoms with Gasteiger partial charge in [-0.1, -0.05) is 0 Å². The zero-order valence-electron chi connectivity index (χ0n) is 12.0. The van der Waals surface area contributed by atoms with Crippen LogP contribution in [0.5, 0.6) is 0 Å². The number of nitrogens with zero attached hydrogens (tertiary/aromatic N) is 3. The molecule has 1 saturated heterocycles. The fourth-order valence-electron chi connectivity index (χ4n) is 3.19. The lowest BCUT2D eigenvalue weighted by Crippen LogP contribution is -2.47. The smallest absolute Gasteiger partial charge is 0.124 e. The fourth-order valence-corrected chi connectivity index (χ4v) is 3.19. The van der Waals surface area contributed by atoms with Gasteiger partial charge in [0.25, 0.3) is 0 Å². The van der Waals surface area contributed by atoms with Gasteiger partial charge in [0.1, 0.15) is 5.82 Å². The molecule has 5 nitrogen and oxygen atoms in total. The van der Waals surface area contributed by atoms with E-state index in [4.69, 9.17) is 0 Å². The van der Waals surface area contributed by atoms with Crippen molar-refractivity contribution < 1.29 is 0 Å². The number of aryl methyl sites for hydroxylation is 1. The van der Waals surface area contributed by atoms with Gasteiger partial charge in [-0.05, 0) is 33.4 Å². The number of piperidine rings is 1. The van der Waals surface area contributed by atoms with E-state index in [1.54, 1.807) is 0 Å². The van der Waals surface area contributed by atoms with E-state index in [0.29, 0.717) is 12.0 Å². The van der Waals surface area contributed by atoms with E-state index < -0.39 is 0 Å². The molecule has 0 aromatic carbocycles. The highest BCUT2D eigenvalue weighted by Crippen LogP contribution is 2.18. The number of hydrogen-bond donors (Lipinski definition) is 2. The molecule has 2 aliphatic heterocycles. The standard InChI is InChI=1S/C14H25N5/c1-11-6-14-16-8-12(9-19(14)17-11)7-15-13-4-3-5-18(2)10-13/h6,12-13,15-16H,3-5,7-10H2,1-2H3/t12-,13+/m1/s1. The predicted molar refractivity (Wildman–Crippen MR) is 77.5 cm³/mol. The van der Waals surface area contributed by atoms with Crippen molar-refractivity contribution in [3.63, 3.8) is 0 Å². The maximum Gasteiger partial charge on any atom is 0.124 e. The van der Waals surface area contributed by atoms with Crippen LogP contribution >= 0.6 is 0 Å². The van der Waals surface area contributed by atoms with Crippen molar-refractivity contribution in [2.75, 3.05) is 38.5 Å². The average molecular weight is 263 g/mol. The van der Waals surface area contributed by atoms with Crippen LogP contribution in [0.4, 0.5) is 5.82 Å². The number of anilines is 1. The first-order valence-electron chi connectivity index (χ1n) is 7.41. The van der Waals surface area contributed by atoms with Crippen molar-refractivity contribution in [3.05, 3.63) is 11.8 Å². The molecule has 0 unspecified atom stereocenters. The van der Waals surface area contributed by atoms with Gasteiger partial charge in [-0.3, -0.25) is 0 Å². The van der Waals surface area contributed by atoms with Crippen molar-refractivity contribution in [1.82, 2.24) is 20.0 Å². The van der Waals surface area contributed by atoms with Crippen molar-refractivity contribution in [1.29, 1.82) is 0 Å². The van der Waals surface area contributed by atoms with E-state index >= 15 is 0 Å². The first-order valence-corrected chi connectivity index (χ1v) is 7.41. The Hall–Kier alpha value is -1.07. The SMILES string of the molecule is Cc1cc2n(n1)C[C@H](CN[C@H]1CCCN(C)C1)CN2. The van der Waals surface area contributed by atoms with Crippen LogP contribution in [-0.2, 0) is 6.54 Å². The van der Waals surface area contributed by atoms with Crippen LogP contribution in [0.25, 0.3) is 0 Å². The Kier molecular flexibility index (Phi) is 3.75. The van der Waals surface area contributed by atoms with Crippen molar-refractivity contribution in [2.45, 2.75) is 32.4 Å². The van der Waals surface area contributed by atoms with Crippen molar-refractivity contribution in [3.8, 4) is 0 Å². The Morgan fingerprint density at radius 2 is 2.37 bits per heavy atom. The number of aromatic nitrogens is 2. The Morgan fingerprint density at radius 3 is 3.21 bits per heavy atom. The normalized spacial score (nSPS) is 27.9. The number of hydrogen-bond acceptors (Lipinski definition) is 4. The highest BCUT2D eigenvalue weighted by Gasteiger charge is 2.22. The second-order valence-corrected chi connectivity index (χ2v) is 6.11. The molecule has 2 N–H and O–H groups in total. The summed E-state index contributed by atoms with van der Waals surface area (Å²) in [6, 6.07) is 2.79. The first kappa shape index (κ1) is 12.9. The number of likely N-dealkylation sites (N-methyl/N-ethyl adjacent to an activating group) is 1. The third-order valence-corrected chi connectivity index (χ3v) is 4.22. The van der Waals surface area contributed by atoms with E-state index in [-0.39, 0.29) is 0 Å². The summed E-state index contributed by atoms with van der Waals surface area (Å²) < 4.78 is 2.11. The van der Waals surface area contributed by atoms with Gasteiger partial charge < -0.3 is 15.5 Å². The molecular formula is C14H25N5. The molecule has 19 heavy (non-hydrogen) atoms. The summed E-state index contributed by atoms with van der Waals surface area (Å²) in [5, 5.41) is 11.7. The summed E-state index contributed by atoms with van der Waals surface area (Å²) in [7, 11) is 2.22. The molecule has 3 heterocycles. The fraction of sp³-hybridized carbons (Fsp3) is 0.786. The monoisotopic (exact) mass is 263 g/mol. The molecule has 106 valence electrons. The summed E-state index contributed by atoms with van der Waals surface area (Å²) in [5.74, 6) is 1.81. The molecule has 1 fully saturated rings. The van der Waals surface area contributed by atoms with E-state index in [0.717, 1.165) is 25.3 Å². The summed E-state index contributed by atoms with van der Waals surface area (Å²) in [6.45, 7) is 7.67. The molecular weight excluding hydrogens is 238 g/mol. The number of rotatable bonds is 3. The molecule has 1 aromatic rings. The summed E-state index contributed by atoms with van der Waals surface area (Å²) >= 11 is 0. The lowest BCUT2D eigenvalue weighted by Gasteiger charge is -2.32. The molecule has 2 aliphatic rings. The van der Waals surface area contributed by atoms with Crippen LogP contribution in [0.1, 0.15) is 18.5 Å². The highest BCUT2D eigenvalue weighted by molar-refractivity contribution is 5.38.